The minimum Gasteiger partial charge on any atom is -0.493 e. The molecule has 0 saturated carbocycles. The largest absolute Gasteiger partial charge is 0.493 e. The van der Waals surface area contributed by atoms with Crippen molar-refractivity contribution in [3.63, 3.8) is 0 Å². The van der Waals surface area contributed by atoms with Gasteiger partial charge in [-0.25, -0.2) is 0 Å². The van der Waals surface area contributed by atoms with Crippen LogP contribution in [0.2, 0.25) is 0 Å². The summed E-state index contributed by atoms with van der Waals surface area (Å²) in [6.07, 6.45) is 4.01. The highest BCUT2D eigenvalue weighted by Gasteiger charge is 2.22. The second-order valence-electron chi connectivity index (χ2n) is 6.49. The van der Waals surface area contributed by atoms with Gasteiger partial charge in [0.1, 0.15) is 5.75 Å². The Balaban J connectivity index is 1.46. The van der Waals surface area contributed by atoms with Crippen LogP contribution in [0.3, 0.4) is 0 Å². The highest BCUT2D eigenvalue weighted by Crippen LogP contribution is 2.28. The van der Waals surface area contributed by atoms with Crippen molar-refractivity contribution in [1.29, 1.82) is 0 Å². The van der Waals surface area contributed by atoms with Gasteiger partial charge in [0.15, 0.2) is 0 Å². The molecule has 0 saturated heterocycles. The Hall–Kier alpha value is -2.56. The van der Waals surface area contributed by atoms with Gasteiger partial charge in [-0.15, -0.1) is 0 Å². The third-order valence-corrected chi connectivity index (χ3v) is 4.79. The Bertz CT molecular complexity index is 841. The van der Waals surface area contributed by atoms with E-state index in [0.717, 1.165) is 54.9 Å². The number of ether oxygens (including phenoxy) is 1. The van der Waals surface area contributed by atoms with Gasteiger partial charge in [0.2, 0.25) is 11.5 Å². The molecule has 1 aliphatic carbocycles. The Morgan fingerprint density at radius 2 is 2.17 bits per heavy atom. The van der Waals surface area contributed by atoms with Crippen molar-refractivity contribution in [3.05, 3.63) is 63.1 Å². The van der Waals surface area contributed by atoms with Gasteiger partial charge >= 0.3 is 0 Å². The van der Waals surface area contributed by atoms with Crippen LogP contribution in [-0.4, -0.2) is 17.5 Å². The van der Waals surface area contributed by atoms with Gasteiger partial charge < -0.3 is 15.0 Å². The first-order valence-corrected chi connectivity index (χ1v) is 8.45. The van der Waals surface area contributed by atoms with Crippen LogP contribution in [0.1, 0.15) is 41.3 Å². The standard InChI is InChI=1S/C19H20N2O3/c22-18-7-5-14-15(20-18)2-1-3-16(14)21-19(23)11-12-4-6-17-13(10-12)8-9-24-17/h4-7,10,16H,1-3,8-9,11H2,(H,20,22)(H,21,23)/t16-/m0/s1. The summed E-state index contributed by atoms with van der Waals surface area (Å²) in [7, 11) is 0. The molecule has 124 valence electrons. The molecular weight excluding hydrogens is 304 g/mol. The lowest BCUT2D eigenvalue weighted by Crippen LogP contribution is -2.33. The van der Waals surface area contributed by atoms with Crippen molar-refractivity contribution in [2.24, 2.45) is 0 Å². The SMILES string of the molecule is O=C(Cc1ccc2c(c1)CCO2)N[C@H]1CCCc2[nH]c(=O)ccc21. The number of fused-ring (bicyclic) bond motifs is 2. The molecule has 2 N–H and O–H groups in total. The molecule has 24 heavy (non-hydrogen) atoms. The number of aromatic amines is 1. The number of rotatable bonds is 3. The Labute approximate surface area is 140 Å². The summed E-state index contributed by atoms with van der Waals surface area (Å²) in [6.45, 7) is 0.724. The summed E-state index contributed by atoms with van der Waals surface area (Å²) < 4.78 is 5.50. The molecule has 1 amide bonds. The average molecular weight is 324 g/mol. The molecule has 4 rings (SSSR count). The van der Waals surface area contributed by atoms with Crippen molar-refractivity contribution >= 4 is 5.91 Å². The average Bonchev–Trinajstić information content (AvgIpc) is 3.02. The topological polar surface area (TPSA) is 71.2 Å². The number of amides is 1. The van der Waals surface area contributed by atoms with Crippen LogP contribution in [0, 0.1) is 0 Å². The molecule has 5 heteroatoms. The number of nitrogens with one attached hydrogen (secondary N) is 2. The van der Waals surface area contributed by atoms with Gasteiger partial charge in [0.05, 0.1) is 19.1 Å². The van der Waals surface area contributed by atoms with E-state index in [1.54, 1.807) is 0 Å². The lowest BCUT2D eigenvalue weighted by atomic mass is 9.91. The maximum absolute atomic E-state index is 12.4. The molecule has 1 aromatic heterocycles. The fourth-order valence-electron chi connectivity index (χ4n) is 3.63. The molecule has 2 aromatic rings. The predicted octanol–water partition coefficient (Wildman–Crippen LogP) is 2.05. The fraction of sp³-hybridized carbons (Fsp3) is 0.368. The van der Waals surface area contributed by atoms with E-state index in [-0.39, 0.29) is 17.5 Å². The Morgan fingerprint density at radius 1 is 1.25 bits per heavy atom. The summed E-state index contributed by atoms with van der Waals surface area (Å²) >= 11 is 0. The van der Waals surface area contributed by atoms with Crippen LogP contribution in [0.25, 0.3) is 0 Å². The van der Waals surface area contributed by atoms with E-state index < -0.39 is 0 Å². The van der Waals surface area contributed by atoms with Crippen LogP contribution in [0.15, 0.2) is 35.1 Å². The number of pyridine rings is 1. The van der Waals surface area contributed by atoms with Crippen molar-refractivity contribution in [1.82, 2.24) is 10.3 Å². The quantitative estimate of drug-likeness (QED) is 0.908. The molecule has 1 atom stereocenters. The zero-order valence-corrected chi connectivity index (χ0v) is 13.4. The Morgan fingerprint density at radius 3 is 3.08 bits per heavy atom. The highest BCUT2D eigenvalue weighted by atomic mass is 16.5. The molecule has 0 unspecified atom stereocenters. The minimum absolute atomic E-state index is 0.0120. The number of hydrogen-bond donors (Lipinski definition) is 2. The zero-order chi connectivity index (χ0) is 16.5. The lowest BCUT2D eigenvalue weighted by Gasteiger charge is -2.26. The summed E-state index contributed by atoms with van der Waals surface area (Å²) in [5.41, 5.74) is 4.10. The molecule has 5 nitrogen and oxygen atoms in total. The van der Waals surface area contributed by atoms with Crippen molar-refractivity contribution in [3.8, 4) is 5.75 Å². The van der Waals surface area contributed by atoms with Crippen molar-refractivity contribution in [2.75, 3.05) is 6.61 Å². The third kappa shape index (κ3) is 2.94. The van der Waals surface area contributed by atoms with E-state index in [4.69, 9.17) is 4.74 Å². The summed E-state index contributed by atoms with van der Waals surface area (Å²) in [5.74, 6) is 0.947. The van der Waals surface area contributed by atoms with Gasteiger partial charge in [-0.05, 0) is 48.1 Å². The molecule has 1 aromatic carbocycles. The molecule has 0 spiro atoms. The van der Waals surface area contributed by atoms with E-state index in [2.05, 4.69) is 16.4 Å². The lowest BCUT2D eigenvalue weighted by molar-refractivity contribution is -0.121. The second kappa shape index (κ2) is 6.15. The smallest absolute Gasteiger partial charge is 0.248 e. The molecule has 2 aliphatic rings. The summed E-state index contributed by atoms with van der Waals surface area (Å²) in [5, 5.41) is 3.12. The summed E-state index contributed by atoms with van der Waals surface area (Å²) in [6, 6.07) is 9.32. The van der Waals surface area contributed by atoms with Crippen LogP contribution >= 0.6 is 0 Å². The number of benzene rings is 1. The number of hydrogen-bond acceptors (Lipinski definition) is 3. The molecule has 0 radical (unpaired) electrons. The molecular formula is C19H20N2O3. The first-order chi connectivity index (χ1) is 11.7. The van der Waals surface area contributed by atoms with Crippen LogP contribution < -0.4 is 15.6 Å². The summed E-state index contributed by atoms with van der Waals surface area (Å²) in [4.78, 5) is 26.8. The normalized spacial score (nSPS) is 18.4. The number of carbonyl (C=O) groups is 1. The maximum Gasteiger partial charge on any atom is 0.248 e. The number of carbonyl (C=O) groups excluding carboxylic acids is 1. The van der Waals surface area contributed by atoms with Gasteiger partial charge in [0.25, 0.3) is 0 Å². The minimum atomic E-state index is -0.0823. The third-order valence-electron chi connectivity index (χ3n) is 4.79. The van der Waals surface area contributed by atoms with Gasteiger partial charge in [-0.1, -0.05) is 12.1 Å². The molecule has 1 aliphatic heterocycles. The predicted molar refractivity (Wildman–Crippen MR) is 90.2 cm³/mol. The van der Waals surface area contributed by atoms with E-state index in [0.29, 0.717) is 6.42 Å². The Kier molecular flexibility index (Phi) is 3.84. The van der Waals surface area contributed by atoms with Gasteiger partial charge in [-0.2, -0.15) is 0 Å². The van der Waals surface area contributed by atoms with E-state index in [1.165, 1.54) is 11.6 Å². The monoisotopic (exact) mass is 324 g/mol. The van der Waals surface area contributed by atoms with Crippen molar-refractivity contribution < 1.29 is 9.53 Å². The molecule has 0 fully saturated rings. The second-order valence-corrected chi connectivity index (χ2v) is 6.49. The van der Waals surface area contributed by atoms with Gasteiger partial charge in [0, 0.05) is 18.2 Å². The van der Waals surface area contributed by atoms with E-state index in [1.807, 2.05) is 18.2 Å². The molecule has 2 heterocycles. The highest BCUT2D eigenvalue weighted by molar-refractivity contribution is 5.79. The molecule has 0 bridgehead atoms. The van der Waals surface area contributed by atoms with E-state index in [9.17, 15) is 9.59 Å². The van der Waals surface area contributed by atoms with E-state index >= 15 is 0 Å². The van der Waals surface area contributed by atoms with Crippen LogP contribution in [0.5, 0.6) is 5.75 Å². The number of aryl methyl sites for hydroxylation is 1. The number of aromatic nitrogens is 1. The van der Waals surface area contributed by atoms with Gasteiger partial charge in [-0.3, -0.25) is 9.59 Å². The first-order valence-electron chi connectivity index (χ1n) is 8.45. The fourth-order valence-corrected chi connectivity index (χ4v) is 3.63. The zero-order valence-electron chi connectivity index (χ0n) is 13.4. The van der Waals surface area contributed by atoms with Crippen LogP contribution in [-0.2, 0) is 24.1 Å². The number of H-pyrrole nitrogens is 1. The van der Waals surface area contributed by atoms with Crippen molar-refractivity contribution in [2.45, 2.75) is 38.1 Å². The van der Waals surface area contributed by atoms with Crippen LogP contribution in [0.4, 0.5) is 0 Å². The first kappa shape index (κ1) is 15.0. The maximum atomic E-state index is 12.4.